The molecule has 0 spiro atoms. The largest absolute Gasteiger partial charge is 0.491 e. The van der Waals surface area contributed by atoms with Crippen LogP contribution in [0.15, 0.2) is 30.3 Å². The Labute approximate surface area is 190 Å². The third kappa shape index (κ3) is 7.40. The molecule has 0 aliphatic rings. The van der Waals surface area contributed by atoms with Crippen LogP contribution in [0.25, 0.3) is 10.6 Å². The molecule has 0 amide bonds. The van der Waals surface area contributed by atoms with Gasteiger partial charge in [0.25, 0.3) is 0 Å². The Morgan fingerprint density at radius 3 is 2.38 bits per heavy atom. The fraction of sp³-hybridized carbons (Fsp3) is 0.409. The van der Waals surface area contributed by atoms with Gasteiger partial charge in [0.05, 0.1) is 32.1 Å². The summed E-state index contributed by atoms with van der Waals surface area (Å²) in [4.78, 5) is 14.4. The maximum Gasteiger partial charge on any atom is 0.133 e. The number of halogens is 1. The zero-order chi connectivity index (χ0) is 22.8. The lowest BCUT2D eigenvalue weighted by atomic mass is 10.2. The van der Waals surface area contributed by atoms with E-state index >= 15 is 0 Å². The predicted molar refractivity (Wildman–Crippen MR) is 124 cm³/mol. The Hall–Kier alpha value is -2.82. The summed E-state index contributed by atoms with van der Waals surface area (Å²) in [5, 5.41) is 0.928. The molecule has 0 aliphatic heterocycles. The van der Waals surface area contributed by atoms with E-state index in [-0.39, 0.29) is 6.61 Å². The summed E-state index contributed by atoms with van der Waals surface area (Å²) in [6.45, 7) is 3.32. The van der Waals surface area contributed by atoms with Crippen LogP contribution in [0.3, 0.4) is 0 Å². The van der Waals surface area contributed by atoms with E-state index < -0.39 is 6.67 Å². The van der Waals surface area contributed by atoms with E-state index in [4.69, 9.17) is 30.7 Å². The highest BCUT2D eigenvalue weighted by Gasteiger charge is 2.12. The fourth-order valence-electron chi connectivity index (χ4n) is 2.98. The number of aromatic nitrogens is 3. The molecule has 0 unspecified atom stereocenters. The van der Waals surface area contributed by atoms with Crippen molar-refractivity contribution in [2.75, 3.05) is 51.2 Å². The van der Waals surface area contributed by atoms with Crippen LogP contribution in [0.2, 0.25) is 0 Å². The van der Waals surface area contributed by atoms with Gasteiger partial charge in [-0.3, -0.25) is 0 Å². The summed E-state index contributed by atoms with van der Waals surface area (Å²) in [6.07, 6.45) is 1.31. The molecule has 0 atom stereocenters. The molecule has 0 fully saturated rings. The first-order chi connectivity index (χ1) is 15.5. The van der Waals surface area contributed by atoms with Gasteiger partial charge in [-0.1, -0.05) is 12.1 Å². The monoisotopic (exact) mass is 461 g/mol. The van der Waals surface area contributed by atoms with Crippen LogP contribution >= 0.6 is 11.3 Å². The average molecular weight is 462 g/mol. The lowest BCUT2D eigenvalue weighted by Crippen LogP contribution is -2.11. The van der Waals surface area contributed by atoms with Gasteiger partial charge >= 0.3 is 0 Å². The number of benzene rings is 1. The lowest BCUT2D eigenvalue weighted by Gasteiger charge is -2.08. The Bertz CT molecular complexity index is 981. The Balaban J connectivity index is 1.52. The van der Waals surface area contributed by atoms with Gasteiger partial charge in [-0.15, -0.1) is 11.3 Å². The topological polar surface area (TPSA) is 118 Å². The highest BCUT2D eigenvalue weighted by Crippen LogP contribution is 2.30. The van der Waals surface area contributed by atoms with Crippen LogP contribution in [0.1, 0.15) is 16.4 Å². The van der Waals surface area contributed by atoms with Crippen molar-refractivity contribution in [3.05, 3.63) is 46.7 Å². The summed E-state index contributed by atoms with van der Waals surface area (Å²) in [5.74, 6) is 2.10. The Morgan fingerprint density at radius 1 is 0.906 bits per heavy atom. The average Bonchev–Trinajstić information content (AvgIpc) is 3.14. The summed E-state index contributed by atoms with van der Waals surface area (Å²) in [5.41, 5.74) is 13.5. The molecule has 32 heavy (non-hydrogen) atoms. The SMILES string of the molecule is Cc1sc(-c2cccc(OCCOCCOCCF)c2)nc1CCc1nc(N)cc(N)n1. The van der Waals surface area contributed by atoms with Gasteiger partial charge in [0, 0.05) is 22.9 Å². The minimum Gasteiger partial charge on any atom is -0.491 e. The molecule has 4 N–H and O–H groups in total. The second-order valence-corrected chi connectivity index (χ2v) is 8.15. The van der Waals surface area contributed by atoms with Crippen molar-refractivity contribution >= 4 is 23.0 Å². The van der Waals surface area contributed by atoms with Gasteiger partial charge in [0.15, 0.2) is 0 Å². The lowest BCUT2D eigenvalue weighted by molar-refractivity contribution is 0.0325. The second-order valence-electron chi connectivity index (χ2n) is 6.95. The molecule has 1 aromatic carbocycles. The number of hydrogen-bond donors (Lipinski definition) is 2. The van der Waals surface area contributed by atoms with Crippen LogP contribution in [0, 0.1) is 6.92 Å². The number of rotatable bonds is 13. The van der Waals surface area contributed by atoms with Crippen molar-refractivity contribution in [1.82, 2.24) is 15.0 Å². The maximum atomic E-state index is 11.9. The van der Waals surface area contributed by atoms with Crippen molar-refractivity contribution in [2.24, 2.45) is 0 Å². The van der Waals surface area contributed by atoms with E-state index in [2.05, 4.69) is 16.9 Å². The van der Waals surface area contributed by atoms with Gasteiger partial charge in [0.1, 0.15) is 41.5 Å². The Kier molecular flexibility index (Phi) is 9.14. The highest BCUT2D eigenvalue weighted by molar-refractivity contribution is 7.15. The molecule has 0 saturated heterocycles. The number of nitrogens with two attached hydrogens (primary N) is 2. The third-order valence-corrected chi connectivity index (χ3v) is 5.52. The second kappa shape index (κ2) is 12.3. The van der Waals surface area contributed by atoms with Crippen LogP contribution < -0.4 is 16.2 Å². The first kappa shape index (κ1) is 23.8. The van der Waals surface area contributed by atoms with E-state index in [9.17, 15) is 4.39 Å². The molecule has 3 aromatic rings. The van der Waals surface area contributed by atoms with Crippen LogP contribution in [0.5, 0.6) is 5.75 Å². The molecule has 3 rings (SSSR count). The van der Waals surface area contributed by atoms with Crippen molar-refractivity contribution in [3.8, 4) is 16.3 Å². The predicted octanol–water partition coefficient (Wildman–Crippen LogP) is 3.24. The van der Waals surface area contributed by atoms with Gasteiger partial charge in [-0.05, 0) is 25.5 Å². The van der Waals surface area contributed by atoms with Crippen molar-refractivity contribution < 1.29 is 18.6 Å². The van der Waals surface area contributed by atoms with E-state index in [1.807, 2.05) is 24.3 Å². The molecule has 0 aliphatic carbocycles. The van der Waals surface area contributed by atoms with Crippen LogP contribution in [0.4, 0.5) is 16.0 Å². The first-order valence-corrected chi connectivity index (χ1v) is 11.2. The zero-order valence-corrected chi connectivity index (χ0v) is 18.9. The maximum absolute atomic E-state index is 11.9. The number of thiazole rings is 1. The number of nitrogens with zero attached hydrogens (tertiary/aromatic N) is 3. The first-order valence-electron chi connectivity index (χ1n) is 10.3. The molecule has 2 aromatic heterocycles. The fourth-order valence-corrected chi connectivity index (χ4v) is 3.93. The van der Waals surface area contributed by atoms with E-state index in [1.54, 1.807) is 17.4 Å². The molecule has 0 saturated carbocycles. The van der Waals surface area contributed by atoms with Crippen LogP contribution in [-0.2, 0) is 22.3 Å². The van der Waals surface area contributed by atoms with Gasteiger partial charge in [-0.2, -0.15) is 0 Å². The normalized spacial score (nSPS) is 11.1. The molecule has 172 valence electrons. The highest BCUT2D eigenvalue weighted by atomic mass is 32.1. The van der Waals surface area contributed by atoms with Gasteiger partial charge in [0.2, 0.25) is 0 Å². The molecule has 0 bridgehead atoms. The van der Waals surface area contributed by atoms with Crippen molar-refractivity contribution in [1.29, 1.82) is 0 Å². The number of hydrogen-bond acceptors (Lipinski definition) is 9. The molecule has 2 heterocycles. The van der Waals surface area contributed by atoms with E-state index in [1.165, 1.54) is 0 Å². The molecule has 8 nitrogen and oxygen atoms in total. The summed E-state index contributed by atoms with van der Waals surface area (Å²) in [6, 6.07) is 9.36. The Morgan fingerprint density at radius 2 is 1.62 bits per heavy atom. The van der Waals surface area contributed by atoms with Gasteiger partial charge < -0.3 is 25.7 Å². The number of anilines is 2. The van der Waals surface area contributed by atoms with Crippen LogP contribution in [-0.4, -0.2) is 54.7 Å². The number of ether oxygens (including phenoxy) is 3. The summed E-state index contributed by atoms with van der Waals surface area (Å²) >= 11 is 1.64. The van der Waals surface area contributed by atoms with Crippen molar-refractivity contribution in [3.63, 3.8) is 0 Å². The third-order valence-electron chi connectivity index (χ3n) is 4.46. The molecule has 10 heteroatoms. The minimum atomic E-state index is -0.481. The molecular formula is C22H28FN5O3S. The van der Waals surface area contributed by atoms with Gasteiger partial charge in [-0.25, -0.2) is 19.3 Å². The number of alkyl halides is 1. The molecule has 0 radical (unpaired) electrons. The molecular weight excluding hydrogens is 433 g/mol. The van der Waals surface area contributed by atoms with E-state index in [0.29, 0.717) is 56.7 Å². The smallest absolute Gasteiger partial charge is 0.133 e. The quantitative estimate of drug-likeness (QED) is 0.373. The standard InChI is InChI=1S/C22H28FN5O3S/c1-15-18(5-6-21-27-19(24)14-20(25)28-21)26-22(32-15)16-3-2-4-17(13-16)31-12-11-30-10-9-29-8-7-23/h2-4,13-14H,5-12H2,1H3,(H4,24,25,27,28). The summed E-state index contributed by atoms with van der Waals surface area (Å²) in [7, 11) is 0. The van der Waals surface area contributed by atoms with E-state index in [0.717, 1.165) is 26.9 Å². The number of aryl methyl sites for hydroxylation is 3. The number of nitrogen functional groups attached to an aromatic ring is 2. The van der Waals surface area contributed by atoms with Crippen molar-refractivity contribution in [2.45, 2.75) is 19.8 Å². The summed E-state index contributed by atoms with van der Waals surface area (Å²) < 4.78 is 28.1. The zero-order valence-electron chi connectivity index (χ0n) is 18.1. The minimum absolute atomic E-state index is 0.105.